The lowest BCUT2D eigenvalue weighted by atomic mass is 10.1. The van der Waals surface area contributed by atoms with E-state index in [2.05, 4.69) is 28.9 Å². The van der Waals surface area contributed by atoms with Gasteiger partial charge in [-0.25, -0.2) is 0 Å². The molecule has 4 heteroatoms. The fraction of sp³-hybridized carbons (Fsp3) is 0.700. The summed E-state index contributed by atoms with van der Waals surface area (Å²) in [5.41, 5.74) is 8.34. The van der Waals surface area contributed by atoms with E-state index in [1.54, 1.807) is 0 Å². The van der Waals surface area contributed by atoms with Crippen LogP contribution in [0.5, 0.6) is 0 Å². The first kappa shape index (κ1) is 9.52. The third-order valence-electron chi connectivity index (χ3n) is 2.98. The second-order valence-electron chi connectivity index (χ2n) is 4.15. The van der Waals surface area contributed by atoms with Gasteiger partial charge in [0.15, 0.2) is 5.82 Å². The van der Waals surface area contributed by atoms with Gasteiger partial charge in [-0.1, -0.05) is 0 Å². The predicted molar refractivity (Wildman–Crippen MR) is 57.5 cm³/mol. The van der Waals surface area contributed by atoms with Gasteiger partial charge in [0.1, 0.15) is 0 Å². The number of rotatable bonds is 1. The molecule has 0 aliphatic carbocycles. The minimum absolute atomic E-state index is 0.306. The van der Waals surface area contributed by atoms with Gasteiger partial charge in [-0.15, -0.1) is 0 Å². The summed E-state index contributed by atoms with van der Waals surface area (Å²) in [6.45, 7) is 6.17. The van der Waals surface area contributed by atoms with E-state index in [0.29, 0.717) is 6.04 Å². The van der Waals surface area contributed by atoms with Crippen molar-refractivity contribution >= 4 is 5.82 Å². The molecule has 0 spiro atoms. The molecule has 14 heavy (non-hydrogen) atoms. The number of aryl methyl sites for hydroxylation is 1. The average Bonchev–Trinajstić information content (AvgIpc) is 2.48. The van der Waals surface area contributed by atoms with Gasteiger partial charge in [-0.3, -0.25) is 5.10 Å². The first-order valence-electron chi connectivity index (χ1n) is 5.20. The van der Waals surface area contributed by atoms with Crippen LogP contribution in [0.2, 0.25) is 0 Å². The van der Waals surface area contributed by atoms with Crippen LogP contribution in [0.15, 0.2) is 0 Å². The quantitative estimate of drug-likeness (QED) is 0.700. The minimum atomic E-state index is 0.306. The molecule has 4 nitrogen and oxygen atoms in total. The molecule has 1 saturated heterocycles. The van der Waals surface area contributed by atoms with Crippen molar-refractivity contribution in [1.29, 1.82) is 0 Å². The Kier molecular flexibility index (Phi) is 2.46. The number of aromatic amines is 1. The zero-order valence-corrected chi connectivity index (χ0v) is 8.88. The van der Waals surface area contributed by atoms with Gasteiger partial charge >= 0.3 is 0 Å². The Balaban J connectivity index is 2.18. The van der Waals surface area contributed by atoms with Crippen LogP contribution in [0, 0.1) is 13.8 Å². The Morgan fingerprint density at radius 2 is 2.29 bits per heavy atom. The highest BCUT2D eigenvalue weighted by Crippen LogP contribution is 2.22. The zero-order chi connectivity index (χ0) is 10.1. The predicted octanol–water partition coefficient (Wildman–Crippen LogP) is 0.954. The molecule has 2 heterocycles. The monoisotopic (exact) mass is 194 g/mol. The van der Waals surface area contributed by atoms with Crippen molar-refractivity contribution in [1.82, 2.24) is 10.2 Å². The number of hydrogen-bond donors (Lipinski definition) is 2. The molecule has 0 saturated carbocycles. The average molecular weight is 194 g/mol. The Morgan fingerprint density at radius 3 is 2.86 bits per heavy atom. The number of nitrogens with zero attached hydrogens (tertiary/aromatic N) is 2. The van der Waals surface area contributed by atoms with Gasteiger partial charge in [-0.05, 0) is 26.7 Å². The Bertz CT molecular complexity index is 318. The molecule has 78 valence electrons. The van der Waals surface area contributed by atoms with Crippen LogP contribution in [-0.4, -0.2) is 29.3 Å². The Hall–Kier alpha value is -1.03. The molecule has 0 bridgehead atoms. The van der Waals surface area contributed by atoms with Crippen LogP contribution in [0.25, 0.3) is 0 Å². The third kappa shape index (κ3) is 1.62. The highest BCUT2D eigenvalue weighted by Gasteiger charge is 2.20. The molecule has 1 aromatic rings. The van der Waals surface area contributed by atoms with E-state index in [9.17, 15) is 0 Å². The van der Waals surface area contributed by atoms with E-state index in [1.807, 2.05) is 0 Å². The summed E-state index contributed by atoms with van der Waals surface area (Å²) in [5, 5.41) is 7.34. The van der Waals surface area contributed by atoms with Crippen molar-refractivity contribution in [2.75, 3.05) is 18.0 Å². The molecule has 3 N–H and O–H groups in total. The van der Waals surface area contributed by atoms with Crippen LogP contribution in [0.3, 0.4) is 0 Å². The number of nitrogens with two attached hydrogens (primary N) is 1. The molecule has 2 rings (SSSR count). The standard InChI is InChI=1S/C10H18N4/c1-7-8(2)12-13-10(7)14-5-3-4-9(11)6-14/h9H,3-6,11H2,1-2H3,(H,12,13). The topological polar surface area (TPSA) is 57.9 Å². The molecule has 1 aliphatic heterocycles. The van der Waals surface area contributed by atoms with Crippen molar-refractivity contribution in [3.05, 3.63) is 11.3 Å². The lowest BCUT2D eigenvalue weighted by Gasteiger charge is -2.31. The summed E-state index contributed by atoms with van der Waals surface area (Å²) in [6, 6.07) is 0.306. The van der Waals surface area contributed by atoms with Gasteiger partial charge in [-0.2, -0.15) is 5.10 Å². The summed E-state index contributed by atoms with van der Waals surface area (Å²) < 4.78 is 0. The van der Waals surface area contributed by atoms with E-state index < -0.39 is 0 Å². The highest BCUT2D eigenvalue weighted by atomic mass is 15.3. The normalized spacial score (nSPS) is 22.8. The van der Waals surface area contributed by atoms with Crippen LogP contribution in [-0.2, 0) is 0 Å². The molecule has 0 aromatic carbocycles. The summed E-state index contributed by atoms with van der Waals surface area (Å²) in [4.78, 5) is 2.28. The van der Waals surface area contributed by atoms with Crippen molar-refractivity contribution < 1.29 is 0 Å². The van der Waals surface area contributed by atoms with Crippen molar-refractivity contribution in [3.63, 3.8) is 0 Å². The number of nitrogens with one attached hydrogen (secondary N) is 1. The number of aromatic nitrogens is 2. The first-order chi connectivity index (χ1) is 6.68. The second-order valence-corrected chi connectivity index (χ2v) is 4.15. The molecule has 0 radical (unpaired) electrons. The van der Waals surface area contributed by atoms with E-state index in [0.717, 1.165) is 31.0 Å². The van der Waals surface area contributed by atoms with Crippen LogP contribution >= 0.6 is 0 Å². The fourth-order valence-corrected chi connectivity index (χ4v) is 1.98. The Labute approximate surface area is 84.5 Å². The Morgan fingerprint density at radius 1 is 1.50 bits per heavy atom. The van der Waals surface area contributed by atoms with Crippen LogP contribution in [0.1, 0.15) is 24.1 Å². The lowest BCUT2D eigenvalue weighted by molar-refractivity contribution is 0.502. The van der Waals surface area contributed by atoms with E-state index in [-0.39, 0.29) is 0 Å². The van der Waals surface area contributed by atoms with E-state index in [1.165, 1.54) is 12.0 Å². The van der Waals surface area contributed by atoms with Crippen molar-refractivity contribution in [2.45, 2.75) is 32.7 Å². The van der Waals surface area contributed by atoms with E-state index >= 15 is 0 Å². The summed E-state index contributed by atoms with van der Waals surface area (Å²) in [6.07, 6.45) is 2.31. The van der Waals surface area contributed by atoms with Gasteiger partial charge in [0.25, 0.3) is 0 Å². The third-order valence-corrected chi connectivity index (χ3v) is 2.98. The molecular formula is C10H18N4. The minimum Gasteiger partial charge on any atom is -0.353 e. The summed E-state index contributed by atoms with van der Waals surface area (Å²) in [5.74, 6) is 1.08. The van der Waals surface area contributed by atoms with Crippen LogP contribution < -0.4 is 10.6 Å². The van der Waals surface area contributed by atoms with Crippen molar-refractivity contribution in [2.24, 2.45) is 5.73 Å². The molecule has 1 aromatic heterocycles. The summed E-state index contributed by atoms with van der Waals surface area (Å²) in [7, 11) is 0. The number of piperidine rings is 1. The molecule has 1 unspecified atom stereocenters. The molecule has 1 aliphatic rings. The first-order valence-corrected chi connectivity index (χ1v) is 5.20. The highest BCUT2D eigenvalue weighted by molar-refractivity contribution is 5.48. The number of anilines is 1. The maximum Gasteiger partial charge on any atom is 0.153 e. The zero-order valence-electron chi connectivity index (χ0n) is 8.88. The molecular weight excluding hydrogens is 176 g/mol. The SMILES string of the molecule is Cc1[nH]nc(N2CCCC(N)C2)c1C. The molecule has 0 amide bonds. The van der Waals surface area contributed by atoms with Gasteiger partial charge < -0.3 is 10.6 Å². The maximum absolute atomic E-state index is 5.94. The lowest BCUT2D eigenvalue weighted by Crippen LogP contribution is -2.43. The van der Waals surface area contributed by atoms with Gasteiger partial charge in [0.2, 0.25) is 0 Å². The second kappa shape index (κ2) is 3.61. The fourth-order valence-electron chi connectivity index (χ4n) is 1.98. The van der Waals surface area contributed by atoms with Gasteiger partial charge in [0.05, 0.1) is 0 Å². The summed E-state index contributed by atoms with van der Waals surface area (Å²) >= 11 is 0. The van der Waals surface area contributed by atoms with Gasteiger partial charge in [0, 0.05) is 30.4 Å². The number of H-pyrrole nitrogens is 1. The van der Waals surface area contributed by atoms with Crippen LogP contribution in [0.4, 0.5) is 5.82 Å². The smallest absolute Gasteiger partial charge is 0.153 e. The molecule has 1 atom stereocenters. The van der Waals surface area contributed by atoms with E-state index in [4.69, 9.17) is 5.73 Å². The number of hydrogen-bond acceptors (Lipinski definition) is 3. The maximum atomic E-state index is 5.94. The largest absolute Gasteiger partial charge is 0.353 e. The van der Waals surface area contributed by atoms with Crippen molar-refractivity contribution in [3.8, 4) is 0 Å². The molecule has 1 fully saturated rings.